The van der Waals surface area contributed by atoms with E-state index in [1.54, 1.807) is 7.05 Å². The highest BCUT2D eigenvalue weighted by atomic mass is 32.2. The second-order valence-electron chi connectivity index (χ2n) is 11.1. The van der Waals surface area contributed by atoms with Gasteiger partial charge in [-0.2, -0.15) is 9.49 Å². The molecule has 14 heteroatoms. The number of ether oxygens (including phenoxy) is 2. The first-order chi connectivity index (χ1) is 21.3. The molecule has 3 aromatic carbocycles. The van der Waals surface area contributed by atoms with Gasteiger partial charge in [-0.15, -0.1) is 0 Å². The van der Waals surface area contributed by atoms with Gasteiger partial charge in [0.15, 0.2) is 33.1 Å². The Morgan fingerprint density at radius 3 is 2.69 bits per heavy atom. The van der Waals surface area contributed by atoms with Crippen LogP contribution >= 0.6 is 0 Å². The number of hydrogen-bond acceptors (Lipinski definition) is 7. The average Bonchev–Trinajstić information content (AvgIpc) is 3.62. The molecular weight excluding hydrogens is 613 g/mol. The number of fused-ring (bicyclic) bond motifs is 2. The van der Waals surface area contributed by atoms with Gasteiger partial charge in [0.2, 0.25) is 5.82 Å². The van der Waals surface area contributed by atoms with Crippen LogP contribution in [-0.4, -0.2) is 52.1 Å². The number of benzene rings is 3. The third-order valence-corrected chi connectivity index (χ3v) is 9.13. The maximum absolute atomic E-state index is 15.3. The van der Waals surface area contributed by atoms with E-state index in [4.69, 9.17) is 14.6 Å². The van der Waals surface area contributed by atoms with Crippen LogP contribution in [0.3, 0.4) is 0 Å². The summed E-state index contributed by atoms with van der Waals surface area (Å²) in [6.07, 6.45) is 2.82. The van der Waals surface area contributed by atoms with E-state index in [0.29, 0.717) is 24.6 Å². The van der Waals surface area contributed by atoms with Crippen LogP contribution in [0.1, 0.15) is 36.7 Å². The van der Waals surface area contributed by atoms with E-state index in [1.807, 2.05) is 25.1 Å². The number of nitrogens with zero attached hydrogens (tertiary/aromatic N) is 3. The molecule has 0 bridgehead atoms. The van der Waals surface area contributed by atoms with Crippen molar-refractivity contribution in [1.29, 1.82) is 0 Å². The fourth-order valence-electron chi connectivity index (χ4n) is 5.69. The van der Waals surface area contributed by atoms with Crippen molar-refractivity contribution >= 4 is 26.7 Å². The molecule has 0 saturated carbocycles. The summed E-state index contributed by atoms with van der Waals surface area (Å²) in [5.41, 5.74) is 0.318. The Kier molecular flexibility index (Phi) is 7.34. The molecule has 234 valence electrons. The number of sulfone groups is 1. The van der Waals surface area contributed by atoms with E-state index in [1.165, 1.54) is 23.0 Å². The molecule has 6 rings (SSSR count). The number of rotatable bonds is 8. The van der Waals surface area contributed by atoms with Gasteiger partial charge in [0.1, 0.15) is 22.2 Å². The second-order valence-corrected chi connectivity index (χ2v) is 13.0. The zero-order valence-corrected chi connectivity index (χ0v) is 25.1. The third-order valence-electron chi connectivity index (χ3n) is 7.98. The van der Waals surface area contributed by atoms with Gasteiger partial charge in [0.05, 0.1) is 23.1 Å². The van der Waals surface area contributed by atoms with Crippen molar-refractivity contribution in [3.63, 3.8) is 0 Å². The van der Waals surface area contributed by atoms with Gasteiger partial charge in [-0.25, -0.2) is 26.9 Å². The summed E-state index contributed by atoms with van der Waals surface area (Å²) in [6, 6.07) is 10.2. The summed E-state index contributed by atoms with van der Waals surface area (Å²) in [5, 5.41) is 13.7. The zero-order valence-electron chi connectivity index (χ0n) is 24.3. The minimum Gasteiger partial charge on any atom is -0.493 e. The molecule has 1 aliphatic heterocycles. The monoisotopic (exact) mass is 640 g/mol. The lowest BCUT2D eigenvalue weighted by molar-refractivity contribution is -0.136. The highest BCUT2D eigenvalue weighted by molar-refractivity contribution is 7.91. The fourth-order valence-corrected chi connectivity index (χ4v) is 6.73. The summed E-state index contributed by atoms with van der Waals surface area (Å²) in [4.78, 5) is 17.8. The Hall–Kier alpha value is -4.85. The van der Waals surface area contributed by atoms with Crippen LogP contribution in [0.25, 0.3) is 22.3 Å². The first kappa shape index (κ1) is 30.2. The van der Waals surface area contributed by atoms with E-state index in [-0.39, 0.29) is 40.9 Å². The fraction of sp³-hybridized carbons (Fsp3) is 0.258. The Balaban J connectivity index is 1.41. The van der Waals surface area contributed by atoms with Gasteiger partial charge in [-0.3, -0.25) is 4.79 Å². The van der Waals surface area contributed by atoms with Gasteiger partial charge in [-0.1, -0.05) is 18.2 Å². The molecule has 0 fully saturated rings. The second kappa shape index (κ2) is 10.9. The van der Waals surface area contributed by atoms with E-state index in [0.717, 1.165) is 29.5 Å². The first-order valence-corrected chi connectivity index (χ1v) is 15.7. The van der Waals surface area contributed by atoms with Crippen LogP contribution in [0.2, 0.25) is 0 Å². The standard InChI is InChI=1S/C31H27F3N4O6S/c1-31(12-14-43-26-16(7-10-22(39)40)5-4-6-20(26)31)30-36-29(38(2)37-30)19-15-17(8-9-21(19)32)44-27-24(34)23(33)25-18(11-13-35-25)28(27)45(3,41)42/h4-6,8-9,11,13,15,35H,7,10,12,14H2,1-3H3,(H,39,40)/t31-/m0/s1. The van der Waals surface area contributed by atoms with Gasteiger partial charge in [-0.05, 0) is 49.6 Å². The molecule has 0 amide bonds. The summed E-state index contributed by atoms with van der Waals surface area (Å²) in [7, 11) is -2.54. The Labute approximate surface area is 255 Å². The summed E-state index contributed by atoms with van der Waals surface area (Å²) < 4.78 is 83.7. The largest absolute Gasteiger partial charge is 0.493 e. The van der Waals surface area contributed by atoms with E-state index >= 15 is 8.78 Å². The average molecular weight is 641 g/mol. The van der Waals surface area contributed by atoms with Crippen molar-refractivity contribution in [2.24, 2.45) is 7.05 Å². The SMILES string of the molecule is Cn1nc([C@@]2(C)CCOc3c(CCC(=O)O)cccc32)nc1-c1cc(Oc2c(F)c(F)c3[nH]ccc3c2S(C)(=O)=O)ccc1F. The Morgan fingerprint density at radius 1 is 1.18 bits per heavy atom. The Bertz CT molecular complexity index is 2110. The number of aryl methyl sites for hydroxylation is 2. The smallest absolute Gasteiger partial charge is 0.303 e. The molecule has 0 saturated heterocycles. The van der Waals surface area contributed by atoms with Gasteiger partial charge in [0, 0.05) is 36.9 Å². The lowest BCUT2D eigenvalue weighted by atomic mass is 9.76. The normalized spacial score (nSPS) is 16.4. The minimum atomic E-state index is -4.11. The van der Waals surface area contributed by atoms with Crippen LogP contribution in [0.4, 0.5) is 13.2 Å². The van der Waals surface area contributed by atoms with Gasteiger partial charge >= 0.3 is 5.97 Å². The van der Waals surface area contributed by atoms with Crippen LogP contribution in [0, 0.1) is 17.5 Å². The first-order valence-electron chi connectivity index (χ1n) is 13.8. The molecule has 45 heavy (non-hydrogen) atoms. The molecule has 0 aliphatic carbocycles. The molecule has 1 aliphatic rings. The Morgan fingerprint density at radius 2 is 1.96 bits per heavy atom. The quantitative estimate of drug-likeness (QED) is 0.207. The predicted molar refractivity (Wildman–Crippen MR) is 157 cm³/mol. The van der Waals surface area contributed by atoms with Crippen molar-refractivity contribution in [2.75, 3.05) is 12.9 Å². The number of aromatic amines is 1. The van der Waals surface area contributed by atoms with E-state index in [2.05, 4.69) is 15.1 Å². The number of aliphatic carboxylic acids is 1. The lowest BCUT2D eigenvalue weighted by Gasteiger charge is -2.34. The number of carbonyl (C=O) groups is 1. The number of nitrogens with one attached hydrogen (secondary N) is 1. The minimum absolute atomic E-state index is 0.0680. The molecular formula is C31H27F3N4O6S. The number of carboxylic acids is 1. The van der Waals surface area contributed by atoms with Crippen molar-refractivity contribution in [1.82, 2.24) is 19.7 Å². The van der Waals surface area contributed by atoms with E-state index in [9.17, 15) is 17.6 Å². The van der Waals surface area contributed by atoms with Crippen LogP contribution in [0.15, 0.2) is 53.6 Å². The number of para-hydroxylation sites is 1. The van der Waals surface area contributed by atoms with Crippen LogP contribution in [0.5, 0.6) is 17.2 Å². The van der Waals surface area contributed by atoms with Crippen LogP contribution < -0.4 is 9.47 Å². The zero-order chi connectivity index (χ0) is 32.3. The van der Waals surface area contributed by atoms with Crippen molar-refractivity contribution in [3.8, 4) is 28.6 Å². The molecule has 10 nitrogen and oxygen atoms in total. The van der Waals surface area contributed by atoms with Crippen LogP contribution in [-0.2, 0) is 33.5 Å². The number of halogens is 3. The molecule has 2 aromatic heterocycles. The van der Waals surface area contributed by atoms with Crippen molar-refractivity contribution < 1.29 is 41.0 Å². The molecule has 0 radical (unpaired) electrons. The predicted octanol–water partition coefficient (Wildman–Crippen LogP) is 5.68. The summed E-state index contributed by atoms with van der Waals surface area (Å²) in [5.74, 6) is -4.49. The summed E-state index contributed by atoms with van der Waals surface area (Å²) in [6.45, 7) is 2.24. The van der Waals surface area contributed by atoms with E-state index < -0.39 is 49.3 Å². The van der Waals surface area contributed by atoms with Crippen molar-refractivity contribution in [3.05, 3.63) is 83.1 Å². The molecule has 3 heterocycles. The third kappa shape index (κ3) is 5.18. The maximum atomic E-state index is 15.3. The van der Waals surface area contributed by atoms with Crippen molar-refractivity contribution in [2.45, 2.75) is 36.5 Å². The number of aromatic nitrogens is 4. The highest BCUT2D eigenvalue weighted by Crippen LogP contribution is 2.45. The number of hydrogen-bond donors (Lipinski definition) is 2. The molecule has 2 N–H and O–H groups in total. The number of carboxylic acid groups (broad SMARTS) is 1. The molecule has 5 aromatic rings. The molecule has 0 spiro atoms. The molecule has 1 atom stereocenters. The van der Waals surface area contributed by atoms with Gasteiger partial charge in [0.25, 0.3) is 0 Å². The lowest BCUT2D eigenvalue weighted by Crippen LogP contribution is -2.33. The maximum Gasteiger partial charge on any atom is 0.303 e. The molecule has 0 unspecified atom stereocenters. The number of H-pyrrole nitrogens is 1. The summed E-state index contributed by atoms with van der Waals surface area (Å²) >= 11 is 0. The van der Waals surface area contributed by atoms with Gasteiger partial charge < -0.3 is 19.6 Å². The highest BCUT2D eigenvalue weighted by Gasteiger charge is 2.40. The topological polar surface area (TPSA) is 136 Å².